The third kappa shape index (κ3) is 4.62. The normalized spacial score (nSPS) is 11.1. The van der Waals surface area contributed by atoms with Crippen LogP contribution in [0.5, 0.6) is 0 Å². The number of benzene rings is 2. The molecule has 3 rings (SSSR count). The van der Waals surface area contributed by atoms with Gasteiger partial charge >= 0.3 is 0 Å². The Kier molecular flexibility index (Phi) is 5.07. The molecule has 1 heterocycles. The monoisotopic (exact) mass is 351 g/mol. The van der Waals surface area contributed by atoms with E-state index in [0.717, 1.165) is 22.0 Å². The predicted octanol–water partition coefficient (Wildman–Crippen LogP) is 4.41. The lowest BCUT2D eigenvalue weighted by atomic mass is 10.0. The second-order valence-electron chi connectivity index (χ2n) is 5.57. The summed E-state index contributed by atoms with van der Waals surface area (Å²) in [6.45, 7) is 0. The molecule has 0 spiro atoms. The standard InChI is InChI=1S/C20H17NO3S/c22-25(23,24)15-16-10-12-18(13-11-16)20-19-9-5-4-8-17(19)7-3-1-2-6-14-21-20/h1-14H,15H2,(H,22,23,24). The molecule has 2 aromatic carbocycles. The maximum atomic E-state index is 11.0. The van der Waals surface area contributed by atoms with Crippen molar-refractivity contribution >= 4 is 20.9 Å². The van der Waals surface area contributed by atoms with Crippen LogP contribution in [0, 0.1) is 0 Å². The summed E-state index contributed by atoms with van der Waals surface area (Å²) in [4.78, 5) is 4.58. The number of rotatable bonds is 3. The Hall–Kier alpha value is -2.76. The molecule has 1 aromatic heterocycles. The summed E-state index contributed by atoms with van der Waals surface area (Å²) in [5, 5.41) is 2.03. The van der Waals surface area contributed by atoms with Crippen LogP contribution in [0.1, 0.15) is 5.56 Å². The van der Waals surface area contributed by atoms with Crippen LogP contribution in [0.25, 0.3) is 22.0 Å². The van der Waals surface area contributed by atoms with Crippen LogP contribution in [0.15, 0.2) is 85.1 Å². The van der Waals surface area contributed by atoms with E-state index in [1.807, 2.05) is 66.7 Å². The molecule has 0 aliphatic rings. The van der Waals surface area contributed by atoms with Crippen molar-refractivity contribution in [1.82, 2.24) is 4.98 Å². The number of nitrogens with zero attached hydrogens (tertiary/aromatic N) is 1. The number of hydrogen-bond donors (Lipinski definition) is 1. The van der Waals surface area contributed by atoms with E-state index < -0.39 is 15.9 Å². The van der Waals surface area contributed by atoms with Crippen LogP contribution >= 0.6 is 0 Å². The van der Waals surface area contributed by atoms with Crippen LogP contribution in [0.2, 0.25) is 0 Å². The summed E-state index contributed by atoms with van der Waals surface area (Å²) in [6.07, 6.45) is 1.73. The van der Waals surface area contributed by atoms with E-state index in [4.69, 9.17) is 4.55 Å². The first kappa shape index (κ1) is 17.1. The van der Waals surface area contributed by atoms with Gasteiger partial charge < -0.3 is 0 Å². The molecule has 0 aliphatic heterocycles. The van der Waals surface area contributed by atoms with E-state index in [9.17, 15) is 8.42 Å². The molecule has 0 amide bonds. The first-order valence-electron chi connectivity index (χ1n) is 7.74. The maximum absolute atomic E-state index is 11.0. The van der Waals surface area contributed by atoms with Crippen LogP contribution in [0.3, 0.4) is 0 Å². The molecule has 25 heavy (non-hydrogen) atoms. The smallest absolute Gasteiger partial charge is 0.269 e. The van der Waals surface area contributed by atoms with Gasteiger partial charge in [-0.25, -0.2) is 0 Å². The zero-order valence-corrected chi connectivity index (χ0v) is 14.2. The first-order chi connectivity index (χ1) is 12.0. The Balaban J connectivity index is 2.18. The summed E-state index contributed by atoms with van der Waals surface area (Å²) < 4.78 is 31.0. The molecule has 4 nitrogen and oxygen atoms in total. The number of aromatic nitrogens is 1. The van der Waals surface area contributed by atoms with Crippen molar-refractivity contribution in [2.45, 2.75) is 5.75 Å². The second-order valence-corrected chi connectivity index (χ2v) is 7.03. The van der Waals surface area contributed by atoms with Crippen molar-refractivity contribution in [2.75, 3.05) is 0 Å². The van der Waals surface area contributed by atoms with Gasteiger partial charge in [-0.2, -0.15) is 8.42 Å². The molecule has 0 unspecified atom stereocenters. The topological polar surface area (TPSA) is 67.3 Å². The number of hydrogen-bond acceptors (Lipinski definition) is 3. The quantitative estimate of drug-likeness (QED) is 0.710. The Bertz CT molecular complexity index is 1040. The highest BCUT2D eigenvalue weighted by Gasteiger charge is 2.08. The van der Waals surface area contributed by atoms with Gasteiger partial charge in [-0.15, -0.1) is 0 Å². The summed E-state index contributed by atoms with van der Waals surface area (Å²) in [5.41, 5.74) is 2.19. The van der Waals surface area contributed by atoms with Gasteiger partial charge in [0.1, 0.15) is 5.75 Å². The van der Waals surface area contributed by atoms with Crippen molar-refractivity contribution in [3.8, 4) is 11.3 Å². The van der Waals surface area contributed by atoms with Gasteiger partial charge in [0.15, 0.2) is 0 Å². The minimum absolute atomic E-state index is 0.399. The molecule has 3 aromatic rings. The largest absolute Gasteiger partial charge is 0.285 e. The van der Waals surface area contributed by atoms with E-state index in [1.165, 1.54) is 0 Å². The zero-order chi connectivity index (χ0) is 17.7. The summed E-state index contributed by atoms with van der Waals surface area (Å²) in [5.74, 6) is -0.399. The lowest BCUT2D eigenvalue weighted by Crippen LogP contribution is -2.01. The van der Waals surface area contributed by atoms with E-state index in [1.54, 1.807) is 18.3 Å². The molecule has 0 radical (unpaired) electrons. The Morgan fingerprint density at radius 2 is 1.44 bits per heavy atom. The lowest BCUT2D eigenvalue weighted by Gasteiger charge is -2.05. The molecule has 0 bridgehead atoms. The summed E-state index contributed by atoms with van der Waals surface area (Å²) in [6, 6.07) is 24.7. The average Bonchev–Trinajstić information content (AvgIpc) is 2.58. The molecule has 0 saturated heterocycles. The maximum Gasteiger partial charge on any atom is 0.269 e. The molecule has 0 aliphatic carbocycles. The molecule has 1 N–H and O–H groups in total. The van der Waals surface area contributed by atoms with E-state index >= 15 is 0 Å². The van der Waals surface area contributed by atoms with Crippen molar-refractivity contribution in [1.29, 1.82) is 0 Å². The van der Waals surface area contributed by atoms with Gasteiger partial charge in [-0.05, 0) is 17.0 Å². The Morgan fingerprint density at radius 1 is 0.800 bits per heavy atom. The SMILES string of the molecule is O=S(=O)(O)Cc1ccc(-c2nccccccc3ccccc23)cc1. The van der Waals surface area contributed by atoms with Crippen LogP contribution < -0.4 is 0 Å². The van der Waals surface area contributed by atoms with Gasteiger partial charge in [0.25, 0.3) is 10.1 Å². The van der Waals surface area contributed by atoms with Crippen molar-refractivity contribution in [2.24, 2.45) is 0 Å². The summed E-state index contributed by atoms with van der Waals surface area (Å²) in [7, 11) is -4.04. The van der Waals surface area contributed by atoms with Crippen LogP contribution in [0.4, 0.5) is 0 Å². The van der Waals surface area contributed by atoms with Crippen LogP contribution in [-0.4, -0.2) is 18.0 Å². The van der Waals surface area contributed by atoms with E-state index in [-0.39, 0.29) is 0 Å². The lowest BCUT2D eigenvalue weighted by molar-refractivity contribution is 0.482. The fourth-order valence-electron chi connectivity index (χ4n) is 2.58. The Morgan fingerprint density at radius 3 is 2.16 bits per heavy atom. The van der Waals surface area contributed by atoms with E-state index in [2.05, 4.69) is 4.98 Å². The third-order valence-corrected chi connectivity index (χ3v) is 4.39. The van der Waals surface area contributed by atoms with Crippen LogP contribution in [-0.2, 0) is 15.9 Å². The van der Waals surface area contributed by atoms with Gasteiger partial charge in [-0.3, -0.25) is 9.54 Å². The minimum Gasteiger partial charge on any atom is -0.285 e. The average molecular weight is 351 g/mol. The molecule has 0 fully saturated rings. The molecule has 0 atom stereocenters. The van der Waals surface area contributed by atoms with Crippen molar-refractivity contribution in [3.63, 3.8) is 0 Å². The number of fused-ring (bicyclic) bond motifs is 1. The van der Waals surface area contributed by atoms with Gasteiger partial charge in [-0.1, -0.05) is 72.8 Å². The molecular formula is C20H17NO3S. The highest BCUT2D eigenvalue weighted by Crippen LogP contribution is 2.25. The zero-order valence-electron chi connectivity index (χ0n) is 13.4. The fourth-order valence-corrected chi connectivity index (χ4v) is 3.20. The van der Waals surface area contributed by atoms with Gasteiger partial charge in [0.05, 0.1) is 5.69 Å². The Labute approximate surface area is 146 Å². The van der Waals surface area contributed by atoms with Crippen molar-refractivity contribution in [3.05, 3.63) is 90.6 Å². The summed E-state index contributed by atoms with van der Waals surface area (Å²) >= 11 is 0. The molecular weight excluding hydrogens is 334 g/mol. The molecule has 126 valence electrons. The third-order valence-electron chi connectivity index (χ3n) is 3.69. The van der Waals surface area contributed by atoms with Crippen molar-refractivity contribution < 1.29 is 13.0 Å². The second kappa shape index (κ2) is 7.42. The predicted molar refractivity (Wildman–Crippen MR) is 100 cm³/mol. The highest BCUT2D eigenvalue weighted by atomic mass is 32.2. The van der Waals surface area contributed by atoms with Gasteiger partial charge in [0.2, 0.25) is 0 Å². The fraction of sp³-hybridized carbons (Fsp3) is 0.0500. The first-order valence-corrected chi connectivity index (χ1v) is 9.35. The molecule has 0 saturated carbocycles. The van der Waals surface area contributed by atoms with Gasteiger partial charge in [0, 0.05) is 17.1 Å². The minimum atomic E-state index is -4.04. The van der Waals surface area contributed by atoms with E-state index in [0.29, 0.717) is 5.56 Å². The molecule has 5 heteroatoms. The highest BCUT2D eigenvalue weighted by molar-refractivity contribution is 7.85.